The molecule has 2 aromatic heterocycles. The number of hydrogen-bond acceptors (Lipinski definition) is 3. The van der Waals surface area contributed by atoms with Gasteiger partial charge >= 0.3 is 0 Å². The molecule has 1 radical (unpaired) electrons. The number of aromatic nitrogens is 3. The summed E-state index contributed by atoms with van der Waals surface area (Å²) in [6, 6.07) is 21.0. The first kappa shape index (κ1) is 13.5. The van der Waals surface area contributed by atoms with E-state index >= 15 is 0 Å². The molecule has 0 bridgehead atoms. The topological polar surface area (TPSA) is 42.7 Å². The van der Waals surface area contributed by atoms with Crippen molar-refractivity contribution in [1.82, 2.24) is 14.5 Å². The average molecular weight is 299 g/mol. The Morgan fingerprint density at radius 3 is 2.78 bits per heavy atom. The van der Waals surface area contributed by atoms with Crippen LogP contribution in [-0.4, -0.2) is 14.5 Å². The van der Waals surface area contributed by atoms with Gasteiger partial charge in [-0.15, -0.1) is 0 Å². The van der Waals surface area contributed by atoms with Crippen LogP contribution in [-0.2, 0) is 7.05 Å². The van der Waals surface area contributed by atoms with Crippen molar-refractivity contribution in [3.05, 3.63) is 73.1 Å². The van der Waals surface area contributed by atoms with Gasteiger partial charge in [-0.2, -0.15) is 0 Å². The van der Waals surface area contributed by atoms with Gasteiger partial charge in [-0.3, -0.25) is 0 Å². The van der Waals surface area contributed by atoms with E-state index in [1.807, 2.05) is 49.5 Å². The van der Waals surface area contributed by atoms with Gasteiger partial charge in [0.25, 0.3) is 0 Å². The highest BCUT2D eigenvalue weighted by molar-refractivity contribution is 5.95. The molecule has 0 unspecified atom stereocenters. The fourth-order valence-corrected chi connectivity index (χ4v) is 2.71. The standard InChI is InChI=1S/C19H15N4/c1-23-13-16(15-9-5-6-10-18(15)23)17-11-12-20-19(22-17)21-14-7-3-2-4-8-14/h2-7,9-13H,1H3,(H,20,21,22). The molecule has 0 aliphatic heterocycles. The van der Waals surface area contributed by atoms with E-state index < -0.39 is 0 Å². The Labute approximate surface area is 134 Å². The number of rotatable bonds is 3. The summed E-state index contributed by atoms with van der Waals surface area (Å²) >= 11 is 0. The molecule has 0 saturated heterocycles. The first-order chi connectivity index (χ1) is 11.3. The second-order valence-corrected chi connectivity index (χ2v) is 5.34. The average Bonchev–Trinajstić information content (AvgIpc) is 2.94. The van der Waals surface area contributed by atoms with E-state index in [0.717, 1.165) is 16.9 Å². The third kappa shape index (κ3) is 2.55. The van der Waals surface area contributed by atoms with Crippen LogP contribution in [0.1, 0.15) is 0 Å². The Kier molecular flexibility index (Phi) is 3.27. The van der Waals surface area contributed by atoms with Gasteiger partial charge in [0.05, 0.1) is 5.69 Å². The molecule has 0 aliphatic rings. The second-order valence-electron chi connectivity index (χ2n) is 5.34. The smallest absolute Gasteiger partial charge is 0.227 e. The number of para-hydroxylation sites is 2. The Hall–Kier alpha value is -3.14. The largest absolute Gasteiger partial charge is 0.350 e. The van der Waals surface area contributed by atoms with Gasteiger partial charge < -0.3 is 9.88 Å². The SMILES string of the molecule is Cn1cc(-c2ccnc(Nc3[c]cccc3)n2)c2ccccc21. The summed E-state index contributed by atoms with van der Waals surface area (Å²) in [7, 11) is 2.05. The summed E-state index contributed by atoms with van der Waals surface area (Å²) in [6.07, 6.45) is 3.88. The minimum Gasteiger partial charge on any atom is -0.350 e. The van der Waals surface area contributed by atoms with E-state index in [1.165, 1.54) is 10.9 Å². The van der Waals surface area contributed by atoms with Crippen molar-refractivity contribution < 1.29 is 0 Å². The van der Waals surface area contributed by atoms with Crippen LogP contribution in [0.5, 0.6) is 0 Å². The summed E-state index contributed by atoms with van der Waals surface area (Å²) in [5.41, 5.74) is 4.04. The van der Waals surface area contributed by atoms with E-state index in [0.29, 0.717) is 5.95 Å². The number of aryl methyl sites for hydroxylation is 1. The summed E-state index contributed by atoms with van der Waals surface area (Å²) in [4.78, 5) is 8.94. The molecule has 4 aromatic rings. The maximum absolute atomic E-state index is 4.65. The van der Waals surface area contributed by atoms with Crippen LogP contribution < -0.4 is 5.32 Å². The first-order valence-corrected chi connectivity index (χ1v) is 7.42. The van der Waals surface area contributed by atoms with Crippen LogP contribution in [0, 0.1) is 6.07 Å². The number of nitrogens with one attached hydrogen (secondary N) is 1. The number of anilines is 2. The van der Waals surface area contributed by atoms with Gasteiger partial charge in [0.2, 0.25) is 5.95 Å². The Bertz CT molecular complexity index is 957. The normalized spacial score (nSPS) is 10.8. The molecular formula is C19H15N4. The summed E-state index contributed by atoms with van der Waals surface area (Å²) in [5, 5.41) is 4.37. The quantitative estimate of drug-likeness (QED) is 0.617. The van der Waals surface area contributed by atoms with Crippen molar-refractivity contribution >= 4 is 22.5 Å². The van der Waals surface area contributed by atoms with Crippen molar-refractivity contribution in [1.29, 1.82) is 0 Å². The zero-order valence-electron chi connectivity index (χ0n) is 12.7. The predicted molar refractivity (Wildman–Crippen MR) is 92.5 cm³/mol. The number of hydrogen-bond donors (Lipinski definition) is 1. The number of fused-ring (bicyclic) bond motifs is 1. The fraction of sp³-hybridized carbons (Fsp3) is 0.0526. The third-order valence-electron chi connectivity index (χ3n) is 3.78. The molecule has 1 N–H and O–H groups in total. The highest BCUT2D eigenvalue weighted by Crippen LogP contribution is 2.29. The molecule has 0 amide bonds. The van der Waals surface area contributed by atoms with E-state index in [1.54, 1.807) is 6.20 Å². The monoisotopic (exact) mass is 299 g/mol. The van der Waals surface area contributed by atoms with Gasteiger partial charge in [-0.25, -0.2) is 9.97 Å². The molecule has 2 aromatic carbocycles. The lowest BCUT2D eigenvalue weighted by Gasteiger charge is -2.05. The van der Waals surface area contributed by atoms with E-state index in [9.17, 15) is 0 Å². The van der Waals surface area contributed by atoms with Gasteiger partial charge in [-0.1, -0.05) is 36.4 Å². The van der Waals surface area contributed by atoms with Crippen LogP contribution in [0.4, 0.5) is 11.6 Å². The van der Waals surface area contributed by atoms with Crippen LogP contribution in [0.3, 0.4) is 0 Å². The van der Waals surface area contributed by atoms with Crippen LogP contribution in [0.2, 0.25) is 0 Å². The van der Waals surface area contributed by atoms with Gasteiger partial charge in [0, 0.05) is 47.7 Å². The lowest BCUT2D eigenvalue weighted by atomic mass is 10.1. The highest BCUT2D eigenvalue weighted by Gasteiger charge is 2.10. The molecule has 2 heterocycles. The van der Waals surface area contributed by atoms with Gasteiger partial charge in [-0.05, 0) is 18.2 Å². The van der Waals surface area contributed by atoms with Crippen LogP contribution >= 0.6 is 0 Å². The summed E-state index contributed by atoms with van der Waals surface area (Å²) in [5.74, 6) is 0.567. The maximum atomic E-state index is 4.65. The second kappa shape index (κ2) is 5.57. The van der Waals surface area contributed by atoms with E-state index in [2.05, 4.69) is 44.2 Å². The van der Waals surface area contributed by atoms with Crippen molar-refractivity contribution in [3.8, 4) is 11.3 Å². The molecular weight excluding hydrogens is 284 g/mol. The number of benzene rings is 2. The first-order valence-electron chi connectivity index (χ1n) is 7.42. The maximum Gasteiger partial charge on any atom is 0.227 e. The van der Waals surface area contributed by atoms with Crippen molar-refractivity contribution in [2.75, 3.05) is 5.32 Å². The van der Waals surface area contributed by atoms with E-state index in [4.69, 9.17) is 0 Å². The molecule has 0 saturated carbocycles. The van der Waals surface area contributed by atoms with Crippen LogP contribution in [0.25, 0.3) is 22.2 Å². The highest BCUT2D eigenvalue weighted by atomic mass is 15.1. The summed E-state index contributed by atoms with van der Waals surface area (Å²) in [6.45, 7) is 0. The molecule has 0 spiro atoms. The minimum absolute atomic E-state index is 0.567. The zero-order valence-corrected chi connectivity index (χ0v) is 12.7. The fourth-order valence-electron chi connectivity index (χ4n) is 2.71. The van der Waals surface area contributed by atoms with Crippen molar-refractivity contribution in [2.24, 2.45) is 7.05 Å². The molecule has 111 valence electrons. The Morgan fingerprint density at radius 2 is 1.91 bits per heavy atom. The lowest BCUT2D eigenvalue weighted by molar-refractivity contribution is 0.969. The van der Waals surface area contributed by atoms with Crippen molar-refractivity contribution in [2.45, 2.75) is 0 Å². The zero-order chi connectivity index (χ0) is 15.6. The molecule has 4 heteroatoms. The van der Waals surface area contributed by atoms with E-state index in [-0.39, 0.29) is 0 Å². The third-order valence-corrected chi connectivity index (χ3v) is 3.78. The minimum atomic E-state index is 0.567. The summed E-state index contributed by atoms with van der Waals surface area (Å²) < 4.78 is 2.12. The molecule has 23 heavy (non-hydrogen) atoms. The molecule has 0 atom stereocenters. The lowest BCUT2D eigenvalue weighted by Crippen LogP contribution is -1.97. The Morgan fingerprint density at radius 1 is 1.04 bits per heavy atom. The predicted octanol–water partition coefficient (Wildman–Crippen LogP) is 4.18. The van der Waals surface area contributed by atoms with Gasteiger partial charge in [0.15, 0.2) is 0 Å². The molecule has 0 aliphatic carbocycles. The molecule has 4 rings (SSSR count). The Balaban J connectivity index is 1.76. The van der Waals surface area contributed by atoms with Crippen LogP contribution in [0.15, 0.2) is 67.0 Å². The van der Waals surface area contributed by atoms with Gasteiger partial charge in [0.1, 0.15) is 0 Å². The molecule has 4 nitrogen and oxygen atoms in total. The molecule has 0 fully saturated rings. The number of nitrogens with zero attached hydrogens (tertiary/aromatic N) is 3. The van der Waals surface area contributed by atoms with Crippen molar-refractivity contribution in [3.63, 3.8) is 0 Å².